The van der Waals surface area contributed by atoms with Gasteiger partial charge in [-0.15, -0.1) is 0 Å². The molecule has 3 heteroatoms. The zero-order valence-corrected chi connectivity index (χ0v) is 10.4. The molecule has 2 rings (SSSR count). The first-order valence-electron chi connectivity index (χ1n) is 5.09. The molecule has 2 unspecified atom stereocenters. The van der Waals surface area contributed by atoms with Crippen molar-refractivity contribution in [2.75, 3.05) is 12.8 Å². The second-order valence-electron chi connectivity index (χ2n) is 4.04. The third kappa shape index (κ3) is 1.86. The minimum atomic E-state index is 0.399. The summed E-state index contributed by atoms with van der Waals surface area (Å²) in [6, 6.07) is 2.76. The predicted octanol–water partition coefficient (Wildman–Crippen LogP) is 3.29. The molecule has 0 aromatic carbocycles. The van der Waals surface area contributed by atoms with Crippen LogP contribution in [0.25, 0.3) is 0 Å². The molecule has 1 N–H and O–H groups in total. The van der Waals surface area contributed by atoms with Crippen LogP contribution in [0.1, 0.15) is 31.4 Å². The summed E-state index contributed by atoms with van der Waals surface area (Å²) in [7, 11) is 2.08. The monoisotopic (exact) mass is 227 g/mol. The average molecular weight is 227 g/mol. The lowest BCUT2D eigenvalue weighted by Gasteiger charge is -2.32. The van der Waals surface area contributed by atoms with E-state index in [-0.39, 0.29) is 0 Å². The molecule has 14 heavy (non-hydrogen) atoms. The van der Waals surface area contributed by atoms with Crippen LogP contribution in [0.3, 0.4) is 0 Å². The highest BCUT2D eigenvalue weighted by atomic mass is 32.2. The molecule has 1 nitrogen and oxygen atoms in total. The maximum Gasteiger partial charge on any atom is 0.0472 e. The van der Waals surface area contributed by atoms with Crippen LogP contribution < -0.4 is 5.32 Å². The second-order valence-corrected chi connectivity index (χ2v) is 6.45. The van der Waals surface area contributed by atoms with Crippen molar-refractivity contribution >= 4 is 23.1 Å². The molecule has 0 bridgehead atoms. The third-order valence-corrected chi connectivity index (χ3v) is 5.32. The zero-order chi connectivity index (χ0) is 10.0. The van der Waals surface area contributed by atoms with E-state index in [1.54, 1.807) is 11.3 Å². The maximum atomic E-state index is 3.47. The molecule has 1 fully saturated rings. The quantitative estimate of drug-likeness (QED) is 0.850. The molecule has 1 aromatic rings. The van der Waals surface area contributed by atoms with Crippen LogP contribution in [0, 0.1) is 0 Å². The molecular formula is C11H17NS2. The summed E-state index contributed by atoms with van der Waals surface area (Å²) in [4.78, 5) is 0. The van der Waals surface area contributed by atoms with E-state index in [1.165, 1.54) is 24.2 Å². The Morgan fingerprint density at radius 1 is 1.57 bits per heavy atom. The van der Waals surface area contributed by atoms with Gasteiger partial charge in [0.15, 0.2) is 0 Å². The summed E-state index contributed by atoms with van der Waals surface area (Å²) < 4.78 is 0.399. The van der Waals surface area contributed by atoms with Crippen molar-refractivity contribution < 1.29 is 0 Å². The fourth-order valence-corrected chi connectivity index (χ4v) is 4.44. The molecular weight excluding hydrogens is 210 g/mol. The summed E-state index contributed by atoms with van der Waals surface area (Å²) in [5.74, 6) is 1.32. The Kier molecular flexibility index (Phi) is 3.20. The van der Waals surface area contributed by atoms with Crippen LogP contribution in [0.15, 0.2) is 16.8 Å². The molecule has 1 aliphatic rings. The molecule has 0 amide bonds. The number of thiophene rings is 1. The zero-order valence-electron chi connectivity index (χ0n) is 8.75. The smallest absolute Gasteiger partial charge is 0.0472 e. The van der Waals surface area contributed by atoms with Crippen LogP contribution in [0.4, 0.5) is 0 Å². The Balaban J connectivity index is 2.20. The highest BCUT2D eigenvalue weighted by Gasteiger charge is 2.37. The number of hydrogen-bond acceptors (Lipinski definition) is 3. The van der Waals surface area contributed by atoms with Gasteiger partial charge in [-0.2, -0.15) is 23.1 Å². The minimum absolute atomic E-state index is 0.399. The van der Waals surface area contributed by atoms with E-state index in [2.05, 4.69) is 47.9 Å². The lowest BCUT2D eigenvalue weighted by Crippen LogP contribution is -2.35. The SMILES string of the molecule is CNC(c1ccsc1)C1(C)CCCS1. The fourth-order valence-electron chi connectivity index (χ4n) is 2.29. The molecule has 0 saturated carbocycles. The summed E-state index contributed by atoms with van der Waals surface area (Å²) in [6.45, 7) is 2.39. The van der Waals surface area contributed by atoms with Gasteiger partial charge in [0.25, 0.3) is 0 Å². The molecule has 0 radical (unpaired) electrons. The number of nitrogens with one attached hydrogen (secondary N) is 1. The Bertz CT molecular complexity index is 275. The van der Waals surface area contributed by atoms with Crippen LogP contribution in [-0.2, 0) is 0 Å². The van der Waals surface area contributed by atoms with E-state index < -0.39 is 0 Å². The van der Waals surface area contributed by atoms with E-state index in [0.717, 1.165) is 0 Å². The molecule has 0 aliphatic carbocycles. The van der Waals surface area contributed by atoms with Crippen molar-refractivity contribution in [2.24, 2.45) is 0 Å². The van der Waals surface area contributed by atoms with E-state index in [4.69, 9.17) is 0 Å². The Morgan fingerprint density at radius 3 is 2.93 bits per heavy atom. The topological polar surface area (TPSA) is 12.0 Å². The molecule has 1 aliphatic heterocycles. The largest absolute Gasteiger partial charge is 0.312 e. The van der Waals surface area contributed by atoms with E-state index in [0.29, 0.717) is 10.8 Å². The van der Waals surface area contributed by atoms with E-state index in [9.17, 15) is 0 Å². The Hall–Kier alpha value is 0.01000. The maximum absolute atomic E-state index is 3.47. The van der Waals surface area contributed by atoms with Crippen LogP contribution >= 0.6 is 23.1 Å². The highest BCUT2D eigenvalue weighted by Crippen LogP contribution is 2.46. The Morgan fingerprint density at radius 2 is 2.43 bits per heavy atom. The van der Waals surface area contributed by atoms with Crippen LogP contribution in [0.5, 0.6) is 0 Å². The molecule has 0 spiro atoms. The van der Waals surface area contributed by atoms with Crippen LogP contribution in [-0.4, -0.2) is 17.5 Å². The van der Waals surface area contributed by atoms with Crippen molar-refractivity contribution in [3.05, 3.63) is 22.4 Å². The molecule has 78 valence electrons. The van der Waals surface area contributed by atoms with Gasteiger partial charge in [-0.25, -0.2) is 0 Å². The van der Waals surface area contributed by atoms with E-state index >= 15 is 0 Å². The first-order valence-corrected chi connectivity index (χ1v) is 7.02. The fraction of sp³-hybridized carbons (Fsp3) is 0.636. The van der Waals surface area contributed by atoms with Crippen molar-refractivity contribution in [3.8, 4) is 0 Å². The number of thioether (sulfide) groups is 1. The first kappa shape index (κ1) is 10.5. The van der Waals surface area contributed by atoms with Gasteiger partial charge in [0.2, 0.25) is 0 Å². The third-order valence-electron chi connectivity index (χ3n) is 3.03. The van der Waals surface area contributed by atoms with Gasteiger partial charge in [-0.1, -0.05) is 0 Å². The molecule has 2 atom stereocenters. The lowest BCUT2D eigenvalue weighted by atomic mass is 9.92. The first-order chi connectivity index (χ1) is 6.76. The molecule has 1 saturated heterocycles. The number of hydrogen-bond donors (Lipinski definition) is 1. The van der Waals surface area contributed by atoms with Gasteiger partial charge in [-0.3, -0.25) is 0 Å². The van der Waals surface area contributed by atoms with Crippen molar-refractivity contribution in [1.82, 2.24) is 5.32 Å². The normalized spacial score (nSPS) is 29.3. The summed E-state index contributed by atoms with van der Waals surface area (Å²) in [5.41, 5.74) is 1.45. The van der Waals surface area contributed by atoms with Gasteiger partial charge in [-0.05, 0) is 55.0 Å². The van der Waals surface area contributed by atoms with Gasteiger partial charge in [0.05, 0.1) is 0 Å². The van der Waals surface area contributed by atoms with Gasteiger partial charge in [0.1, 0.15) is 0 Å². The van der Waals surface area contributed by atoms with Crippen molar-refractivity contribution in [3.63, 3.8) is 0 Å². The second kappa shape index (κ2) is 4.25. The number of rotatable bonds is 3. The van der Waals surface area contributed by atoms with Gasteiger partial charge >= 0.3 is 0 Å². The summed E-state index contributed by atoms with van der Waals surface area (Å²) in [6.07, 6.45) is 2.70. The molecule has 2 heterocycles. The van der Waals surface area contributed by atoms with Crippen molar-refractivity contribution in [1.29, 1.82) is 0 Å². The standard InChI is InChI=1S/C11H17NS2/c1-11(5-3-6-14-11)10(12-2)9-4-7-13-8-9/h4,7-8,10,12H,3,5-6H2,1-2H3. The highest BCUT2D eigenvalue weighted by molar-refractivity contribution is 8.00. The molecule has 1 aromatic heterocycles. The lowest BCUT2D eigenvalue weighted by molar-refractivity contribution is 0.441. The minimum Gasteiger partial charge on any atom is -0.312 e. The Labute approximate surface area is 94.3 Å². The van der Waals surface area contributed by atoms with Crippen LogP contribution in [0.2, 0.25) is 0 Å². The summed E-state index contributed by atoms with van der Waals surface area (Å²) in [5, 5.41) is 7.91. The predicted molar refractivity (Wildman–Crippen MR) is 66.2 cm³/mol. The van der Waals surface area contributed by atoms with Gasteiger partial charge in [0, 0.05) is 10.8 Å². The van der Waals surface area contributed by atoms with E-state index in [1.807, 2.05) is 0 Å². The average Bonchev–Trinajstić information content (AvgIpc) is 2.78. The van der Waals surface area contributed by atoms with Gasteiger partial charge < -0.3 is 5.32 Å². The summed E-state index contributed by atoms with van der Waals surface area (Å²) >= 11 is 3.91. The van der Waals surface area contributed by atoms with Crippen molar-refractivity contribution in [2.45, 2.75) is 30.6 Å².